The van der Waals surface area contributed by atoms with E-state index in [4.69, 9.17) is 18.9 Å². The summed E-state index contributed by atoms with van der Waals surface area (Å²) < 4.78 is 23.7. The standard InChI is InChI=1S/C41H64O12/c1-19-8-9-21-22(35(49)53-37-34(48)32(46)31(45)25(17-42)51-37)16-41(7)23(29(21)20(19)2)10-11-27-39(5)14-13-28(38(3,4)26(39)12-15-40(27,41)6)52-36-33(47)30(44)24(43)18-50-36/h10,21-22,24-34,36-37,42-48H,8-9,11-18H2,1-7H3/t21?,22-,24-,25-,26?,27?,28?,29?,30-,31-,32+,33+,34-,36-,37-,39-,40+,41+/m0/s1. The molecule has 2 heterocycles. The zero-order chi connectivity index (χ0) is 38.6. The maximum absolute atomic E-state index is 14.4. The molecule has 0 aromatic heterocycles. The summed E-state index contributed by atoms with van der Waals surface area (Å²) in [4.78, 5) is 14.4. The Morgan fingerprint density at radius 3 is 2.26 bits per heavy atom. The van der Waals surface area contributed by atoms with Gasteiger partial charge in [-0.05, 0) is 105 Å². The number of hydrogen-bond acceptors (Lipinski definition) is 12. The Labute approximate surface area is 313 Å². The Kier molecular flexibility index (Phi) is 10.4. The number of hydrogen-bond donors (Lipinski definition) is 7. The van der Waals surface area contributed by atoms with Crippen LogP contribution < -0.4 is 0 Å². The lowest BCUT2D eigenvalue weighted by atomic mass is 9.34. The van der Waals surface area contributed by atoms with E-state index in [1.807, 2.05) is 0 Å². The Morgan fingerprint density at radius 1 is 0.868 bits per heavy atom. The van der Waals surface area contributed by atoms with Crippen LogP contribution in [-0.2, 0) is 23.7 Å². The van der Waals surface area contributed by atoms with Crippen molar-refractivity contribution >= 4 is 5.97 Å². The van der Waals surface area contributed by atoms with Gasteiger partial charge in [-0.25, -0.2) is 0 Å². The van der Waals surface area contributed by atoms with Gasteiger partial charge in [0.1, 0.15) is 42.7 Å². The highest BCUT2D eigenvalue weighted by molar-refractivity contribution is 5.74. The van der Waals surface area contributed by atoms with E-state index in [1.165, 1.54) is 16.7 Å². The molecule has 0 spiro atoms. The van der Waals surface area contributed by atoms with E-state index in [1.54, 1.807) is 0 Å². The maximum atomic E-state index is 14.4. The molecule has 300 valence electrons. The van der Waals surface area contributed by atoms with Gasteiger partial charge in [0, 0.05) is 5.92 Å². The van der Waals surface area contributed by atoms with Crippen LogP contribution in [0.5, 0.6) is 0 Å². The van der Waals surface area contributed by atoms with Gasteiger partial charge in [-0.15, -0.1) is 0 Å². The molecule has 5 unspecified atom stereocenters. The van der Waals surface area contributed by atoms with E-state index in [-0.39, 0.29) is 46.2 Å². The zero-order valence-corrected chi connectivity index (χ0v) is 32.5. The maximum Gasteiger partial charge on any atom is 0.311 e. The van der Waals surface area contributed by atoms with Gasteiger partial charge in [0.25, 0.3) is 0 Å². The van der Waals surface area contributed by atoms with Crippen LogP contribution in [0, 0.1) is 51.2 Å². The van der Waals surface area contributed by atoms with Gasteiger partial charge in [0.15, 0.2) is 6.29 Å². The molecule has 0 radical (unpaired) electrons. The molecule has 7 N–H and O–H groups in total. The molecule has 5 aliphatic carbocycles. The van der Waals surface area contributed by atoms with Crippen LogP contribution in [-0.4, -0.2) is 116 Å². The van der Waals surface area contributed by atoms with Crippen molar-refractivity contribution < 1.29 is 59.5 Å². The number of aliphatic hydroxyl groups is 7. The molecule has 3 saturated carbocycles. The van der Waals surface area contributed by atoms with Gasteiger partial charge >= 0.3 is 5.97 Å². The van der Waals surface area contributed by atoms with Crippen molar-refractivity contribution in [2.45, 2.75) is 161 Å². The summed E-state index contributed by atoms with van der Waals surface area (Å²) in [5.41, 5.74) is 3.25. The van der Waals surface area contributed by atoms with Crippen molar-refractivity contribution in [3.8, 4) is 0 Å². The largest absolute Gasteiger partial charge is 0.432 e. The summed E-state index contributed by atoms with van der Waals surface area (Å²) in [6.07, 6.45) is -3.24. The number of allylic oxidation sites excluding steroid dienone is 4. The molecular formula is C41H64O12. The second-order valence-corrected chi connectivity index (χ2v) is 19.1. The molecule has 53 heavy (non-hydrogen) atoms. The van der Waals surface area contributed by atoms with Crippen LogP contribution in [0.2, 0.25) is 0 Å². The monoisotopic (exact) mass is 748 g/mol. The van der Waals surface area contributed by atoms with E-state index < -0.39 is 73.8 Å². The first kappa shape index (κ1) is 39.8. The molecule has 12 heteroatoms. The highest BCUT2D eigenvalue weighted by atomic mass is 16.7. The lowest BCUT2D eigenvalue weighted by Gasteiger charge is -2.71. The Bertz CT molecular complexity index is 1480. The highest BCUT2D eigenvalue weighted by Gasteiger charge is 2.68. The van der Waals surface area contributed by atoms with Gasteiger partial charge in [-0.2, -0.15) is 0 Å². The number of ether oxygens (including phenoxy) is 4. The SMILES string of the molecule is CC1=C(C)C2C3=CCC4[C@@]5(C)CCC(O[C@@H]6OC[C@H](O)[C@H](O)[C@H]6O)C(C)(C)C5CC[C@@]4(C)[C@]3(C)C[C@H](C(=O)O[C@@H]3O[C@@H](CO)[C@H](O)[C@@H](O)[C@@H]3O)C2CC1. The molecule has 0 aromatic carbocycles. The molecule has 2 saturated heterocycles. The molecule has 12 nitrogen and oxygen atoms in total. The number of fused-ring (bicyclic) bond motifs is 7. The third-order valence-electron chi connectivity index (χ3n) is 16.5. The molecular weight excluding hydrogens is 684 g/mol. The first-order valence-corrected chi connectivity index (χ1v) is 20.0. The highest BCUT2D eigenvalue weighted by Crippen LogP contribution is 2.75. The summed E-state index contributed by atoms with van der Waals surface area (Å²) in [5.74, 6) is -0.283. The van der Waals surface area contributed by atoms with Crippen molar-refractivity contribution in [1.82, 2.24) is 0 Å². The number of carbonyl (C=O) groups excluding carboxylic acids is 1. The summed E-state index contributed by atoms with van der Waals surface area (Å²) >= 11 is 0. The van der Waals surface area contributed by atoms with Gasteiger partial charge in [-0.1, -0.05) is 57.4 Å². The number of carbonyl (C=O) groups is 1. The third-order valence-corrected chi connectivity index (χ3v) is 16.5. The predicted octanol–water partition coefficient (Wildman–Crippen LogP) is 2.73. The van der Waals surface area contributed by atoms with Crippen molar-refractivity contribution in [2.75, 3.05) is 13.2 Å². The van der Waals surface area contributed by atoms with Gasteiger partial charge < -0.3 is 54.7 Å². The molecule has 7 aliphatic rings. The molecule has 2 aliphatic heterocycles. The lowest BCUT2D eigenvalue weighted by Crippen LogP contribution is -2.65. The minimum atomic E-state index is -1.66. The molecule has 18 atom stereocenters. The minimum Gasteiger partial charge on any atom is -0.432 e. The number of aliphatic hydroxyl groups excluding tert-OH is 7. The van der Waals surface area contributed by atoms with Gasteiger partial charge in [0.05, 0.1) is 25.2 Å². The first-order valence-electron chi connectivity index (χ1n) is 20.0. The average molecular weight is 749 g/mol. The summed E-state index contributed by atoms with van der Waals surface area (Å²) in [5, 5.41) is 72.3. The molecule has 7 rings (SSSR count). The fourth-order valence-electron chi connectivity index (χ4n) is 13.1. The molecule has 5 fully saturated rings. The van der Waals surface area contributed by atoms with Crippen molar-refractivity contribution in [3.05, 3.63) is 22.8 Å². The predicted molar refractivity (Wildman–Crippen MR) is 191 cm³/mol. The summed E-state index contributed by atoms with van der Waals surface area (Å²) in [6, 6.07) is 0. The first-order chi connectivity index (χ1) is 24.8. The number of esters is 1. The van der Waals surface area contributed by atoms with Crippen molar-refractivity contribution in [2.24, 2.45) is 51.2 Å². The van der Waals surface area contributed by atoms with E-state index in [9.17, 15) is 40.5 Å². The topological polar surface area (TPSA) is 196 Å². The Morgan fingerprint density at radius 2 is 1.57 bits per heavy atom. The average Bonchev–Trinajstić information content (AvgIpc) is 3.11. The Balaban J connectivity index is 1.18. The third kappa shape index (κ3) is 5.95. The second kappa shape index (κ2) is 13.9. The minimum absolute atomic E-state index is 0.00555. The van der Waals surface area contributed by atoms with Crippen LogP contribution in [0.15, 0.2) is 22.8 Å². The van der Waals surface area contributed by atoms with Crippen LogP contribution >= 0.6 is 0 Å². The van der Waals surface area contributed by atoms with Gasteiger partial charge in [-0.3, -0.25) is 4.79 Å². The van der Waals surface area contributed by atoms with Crippen molar-refractivity contribution in [3.63, 3.8) is 0 Å². The van der Waals surface area contributed by atoms with Crippen LogP contribution in [0.4, 0.5) is 0 Å². The Hall–Kier alpha value is -1.45. The number of rotatable bonds is 5. The fraction of sp³-hybridized carbons (Fsp3) is 0.878. The van der Waals surface area contributed by atoms with Crippen LogP contribution in [0.3, 0.4) is 0 Å². The normalized spacial score (nSPS) is 52.3. The quantitative estimate of drug-likeness (QED) is 0.124. The zero-order valence-electron chi connectivity index (χ0n) is 32.5. The van der Waals surface area contributed by atoms with E-state index in [0.29, 0.717) is 18.3 Å². The summed E-state index contributed by atoms with van der Waals surface area (Å²) in [6.45, 7) is 15.5. The molecule has 0 amide bonds. The summed E-state index contributed by atoms with van der Waals surface area (Å²) in [7, 11) is 0. The van der Waals surface area contributed by atoms with Crippen LogP contribution in [0.25, 0.3) is 0 Å². The van der Waals surface area contributed by atoms with E-state index >= 15 is 0 Å². The van der Waals surface area contributed by atoms with Crippen LogP contribution in [0.1, 0.15) is 99.8 Å². The molecule has 0 aromatic rings. The smallest absolute Gasteiger partial charge is 0.311 e. The second-order valence-electron chi connectivity index (χ2n) is 19.1. The fourth-order valence-corrected chi connectivity index (χ4v) is 13.1. The van der Waals surface area contributed by atoms with Gasteiger partial charge in [0.2, 0.25) is 6.29 Å². The molecule has 0 bridgehead atoms. The lowest BCUT2D eigenvalue weighted by molar-refractivity contribution is -0.308. The van der Waals surface area contributed by atoms with E-state index in [0.717, 1.165) is 44.9 Å². The van der Waals surface area contributed by atoms with E-state index in [2.05, 4.69) is 54.5 Å². The van der Waals surface area contributed by atoms with Crippen molar-refractivity contribution in [1.29, 1.82) is 0 Å².